The molecule has 1 unspecified atom stereocenters. The summed E-state index contributed by atoms with van der Waals surface area (Å²) in [5.41, 5.74) is 1.25. The molecule has 1 N–H and O–H groups in total. The van der Waals surface area contributed by atoms with E-state index < -0.39 is 22.5 Å². The van der Waals surface area contributed by atoms with Gasteiger partial charge in [0, 0.05) is 18.1 Å². The van der Waals surface area contributed by atoms with E-state index in [0.29, 0.717) is 17.1 Å². The monoisotopic (exact) mass is 358 g/mol. The van der Waals surface area contributed by atoms with Gasteiger partial charge in [-0.15, -0.1) is 0 Å². The van der Waals surface area contributed by atoms with E-state index >= 15 is 0 Å². The summed E-state index contributed by atoms with van der Waals surface area (Å²) in [6.07, 6.45) is 4.47. The summed E-state index contributed by atoms with van der Waals surface area (Å²) in [5.74, 6) is -0.441. The summed E-state index contributed by atoms with van der Waals surface area (Å²) < 4.78 is 26.8. The van der Waals surface area contributed by atoms with Gasteiger partial charge in [0.1, 0.15) is 5.82 Å². The molecule has 0 spiro atoms. The van der Waals surface area contributed by atoms with Crippen LogP contribution in [0.2, 0.25) is 0 Å². The number of aromatic nitrogens is 3. The van der Waals surface area contributed by atoms with Crippen molar-refractivity contribution in [1.82, 2.24) is 14.8 Å². The Morgan fingerprint density at radius 2 is 2.08 bits per heavy atom. The quantitative estimate of drug-likeness (QED) is 0.778. The van der Waals surface area contributed by atoms with Crippen LogP contribution in [0.5, 0.6) is 0 Å². The molecule has 0 radical (unpaired) electrons. The number of halogens is 1. The van der Waals surface area contributed by atoms with E-state index in [9.17, 15) is 13.4 Å². The summed E-state index contributed by atoms with van der Waals surface area (Å²) in [6, 6.07) is 9.44. The predicted molar refractivity (Wildman–Crippen MR) is 92.8 cm³/mol. The zero-order chi connectivity index (χ0) is 18.0. The topological polar surface area (TPSA) is 76.9 Å². The second kappa shape index (κ2) is 6.94. The van der Waals surface area contributed by atoms with Crippen molar-refractivity contribution in [3.05, 3.63) is 65.9 Å². The van der Waals surface area contributed by atoms with Gasteiger partial charge in [0.2, 0.25) is 0 Å². The lowest BCUT2D eigenvalue weighted by atomic mass is 10.2. The van der Waals surface area contributed by atoms with Gasteiger partial charge in [0.05, 0.1) is 33.1 Å². The van der Waals surface area contributed by atoms with Crippen molar-refractivity contribution in [2.45, 2.75) is 11.8 Å². The zero-order valence-electron chi connectivity index (χ0n) is 13.6. The van der Waals surface area contributed by atoms with E-state index in [1.165, 1.54) is 24.6 Å². The highest BCUT2D eigenvalue weighted by atomic mass is 32.2. The predicted octanol–water partition coefficient (Wildman–Crippen LogP) is 2.70. The van der Waals surface area contributed by atoms with Gasteiger partial charge in [-0.2, -0.15) is 5.10 Å². The molecular weight excluding hydrogens is 343 g/mol. The molecule has 1 amide bonds. The van der Waals surface area contributed by atoms with Crippen molar-refractivity contribution in [2.75, 3.05) is 11.6 Å². The molecule has 25 heavy (non-hydrogen) atoms. The third kappa shape index (κ3) is 3.48. The summed E-state index contributed by atoms with van der Waals surface area (Å²) in [4.78, 5) is 16.7. The molecule has 0 fully saturated rings. The molecule has 0 saturated carbocycles. The van der Waals surface area contributed by atoms with Crippen molar-refractivity contribution in [3.63, 3.8) is 0 Å². The molecule has 0 aliphatic rings. The first kappa shape index (κ1) is 17.0. The minimum atomic E-state index is -1.43. The zero-order valence-corrected chi connectivity index (χ0v) is 14.4. The minimum Gasteiger partial charge on any atom is -0.322 e. The number of rotatable bonds is 4. The van der Waals surface area contributed by atoms with E-state index in [4.69, 9.17) is 0 Å². The third-order valence-electron chi connectivity index (χ3n) is 3.62. The van der Waals surface area contributed by atoms with Gasteiger partial charge in [-0.05, 0) is 37.3 Å². The molecule has 0 aliphatic heterocycles. The summed E-state index contributed by atoms with van der Waals surface area (Å²) in [5, 5.41) is 6.80. The van der Waals surface area contributed by atoms with Crippen LogP contribution in [0.4, 0.5) is 10.1 Å². The van der Waals surface area contributed by atoms with Crippen LogP contribution < -0.4 is 5.32 Å². The van der Waals surface area contributed by atoms with E-state index in [-0.39, 0.29) is 10.6 Å². The van der Waals surface area contributed by atoms with Crippen molar-refractivity contribution in [1.29, 1.82) is 0 Å². The molecule has 1 aromatic carbocycles. The number of nitrogens with zero attached hydrogens (tertiary/aromatic N) is 3. The molecule has 0 aliphatic carbocycles. The van der Waals surface area contributed by atoms with Crippen molar-refractivity contribution in [3.8, 4) is 5.82 Å². The fraction of sp³-hybridized carbons (Fsp3) is 0.118. The molecule has 2 aromatic heterocycles. The Morgan fingerprint density at radius 1 is 1.28 bits per heavy atom. The molecule has 3 aromatic rings. The lowest BCUT2D eigenvalue weighted by Crippen LogP contribution is -2.13. The maximum atomic E-state index is 13.9. The summed E-state index contributed by atoms with van der Waals surface area (Å²) >= 11 is 0. The fourth-order valence-corrected chi connectivity index (χ4v) is 2.95. The fourth-order valence-electron chi connectivity index (χ4n) is 2.35. The number of carbonyl (C=O) groups excluding carboxylic acids is 1. The van der Waals surface area contributed by atoms with Crippen LogP contribution in [0.25, 0.3) is 5.82 Å². The average molecular weight is 358 g/mol. The van der Waals surface area contributed by atoms with Gasteiger partial charge in [-0.3, -0.25) is 9.00 Å². The number of nitrogens with one attached hydrogen (secondary N) is 1. The smallest absolute Gasteiger partial charge is 0.259 e. The first-order chi connectivity index (χ1) is 12.0. The molecule has 128 valence electrons. The number of amides is 1. The Labute approximate surface area is 146 Å². The molecule has 8 heteroatoms. The summed E-state index contributed by atoms with van der Waals surface area (Å²) in [6.45, 7) is 1.75. The number of benzene rings is 1. The molecule has 2 heterocycles. The number of hydrogen-bond donors (Lipinski definition) is 1. The normalized spacial score (nSPS) is 12.0. The number of carbonyl (C=O) groups is 1. The Kier molecular flexibility index (Phi) is 4.71. The first-order valence-corrected chi connectivity index (χ1v) is 8.93. The van der Waals surface area contributed by atoms with Gasteiger partial charge in [-0.1, -0.05) is 6.07 Å². The Bertz CT molecular complexity index is 957. The average Bonchev–Trinajstić information content (AvgIpc) is 2.97. The molecule has 6 nitrogen and oxygen atoms in total. The van der Waals surface area contributed by atoms with Crippen molar-refractivity contribution >= 4 is 22.4 Å². The van der Waals surface area contributed by atoms with Gasteiger partial charge < -0.3 is 5.32 Å². The maximum absolute atomic E-state index is 13.9. The van der Waals surface area contributed by atoms with Gasteiger partial charge in [0.15, 0.2) is 5.82 Å². The largest absolute Gasteiger partial charge is 0.322 e. The third-order valence-corrected chi connectivity index (χ3v) is 4.57. The maximum Gasteiger partial charge on any atom is 0.259 e. The summed E-state index contributed by atoms with van der Waals surface area (Å²) in [7, 11) is -1.43. The second-order valence-corrected chi connectivity index (χ2v) is 6.64. The van der Waals surface area contributed by atoms with E-state index in [1.807, 2.05) is 6.07 Å². The highest BCUT2D eigenvalue weighted by molar-refractivity contribution is 7.84. The van der Waals surface area contributed by atoms with Crippen molar-refractivity contribution < 1.29 is 13.4 Å². The Morgan fingerprint density at radius 3 is 2.72 bits per heavy atom. The number of anilines is 1. The molecule has 3 rings (SSSR count). The van der Waals surface area contributed by atoms with Gasteiger partial charge >= 0.3 is 0 Å². The van der Waals surface area contributed by atoms with Crippen LogP contribution in [0, 0.1) is 12.7 Å². The molecular formula is C17H15FN4O2S. The second-order valence-electron chi connectivity index (χ2n) is 5.30. The van der Waals surface area contributed by atoms with Crippen LogP contribution in [-0.2, 0) is 10.8 Å². The van der Waals surface area contributed by atoms with E-state index in [2.05, 4.69) is 15.4 Å². The molecule has 0 bridgehead atoms. The van der Waals surface area contributed by atoms with Gasteiger partial charge in [-0.25, -0.2) is 14.1 Å². The van der Waals surface area contributed by atoms with E-state index in [0.717, 1.165) is 6.07 Å². The highest BCUT2D eigenvalue weighted by Crippen LogP contribution is 2.19. The van der Waals surface area contributed by atoms with Crippen LogP contribution >= 0.6 is 0 Å². The number of pyridine rings is 1. The first-order valence-electron chi connectivity index (χ1n) is 7.37. The van der Waals surface area contributed by atoms with Gasteiger partial charge in [0.25, 0.3) is 5.91 Å². The van der Waals surface area contributed by atoms with Crippen molar-refractivity contribution in [2.24, 2.45) is 0 Å². The van der Waals surface area contributed by atoms with Crippen LogP contribution in [0.1, 0.15) is 16.1 Å². The highest BCUT2D eigenvalue weighted by Gasteiger charge is 2.16. The SMILES string of the molecule is Cc1c(C(=O)Nc2ccc(S(C)=O)c(F)c2)cnn1-c1ccccn1. The lowest BCUT2D eigenvalue weighted by Gasteiger charge is -2.07. The standard InChI is InChI=1S/C17H15FN4O2S/c1-11-13(10-20-22(11)16-5-3-4-8-19-16)17(23)21-12-6-7-15(25(2)24)14(18)9-12/h3-10H,1-2H3,(H,21,23). The van der Waals surface area contributed by atoms with E-state index in [1.54, 1.807) is 29.9 Å². The Hall–Kier alpha value is -2.87. The minimum absolute atomic E-state index is 0.0946. The van der Waals surface area contributed by atoms with Crippen LogP contribution in [0.15, 0.2) is 53.7 Å². The Balaban J connectivity index is 1.84. The molecule has 1 atom stereocenters. The van der Waals surface area contributed by atoms with Crippen LogP contribution in [0.3, 0.4) is 0 Å². The molecule has 0 saturated heterocycles. The lowest BCUT2D eigenvalue weighted by molar-refractivity contribution is 0.102. The van der Waals surface area contributed by atoms with Crippen LogP contribution in [-0.4, -0.2) is 31.1 Å². The number of hydrogen-bond acceptors (Lipinski definition) is 4.